The Labute approximate surface area is 157 Å². The number of aryl methyl sites for hydroxylation is 1. The smallest absolute Gasteiger partial charge is 0.311 e. The molecule has 1 saturated heterocycles. The lowest BCUT2D eigenvalue weighted by atomic mass is 10.0. The molecule has 0 radical (unpaired) electrons. The maximum atomic E-state index is 11.2. The highest BCUT2D eigenvalue weighted by atomic mass is 35.5. The quantitative estimate of drug-likeness (QED) is 0.549. The van der Waals surface area contributed by atoms with E-state index < -0.39 is 0 Å². The van der Waals surface area contributed by atoms with Crippen molar-refractivity contribution in [3.8, 4) is 0 Å². The first-order chi connectivity index (χ1) is 12.5. The SMILES string of the molecule is Cc1ccc([N+](=O)[O-])c(N2CCC(=CC=Cc3ccc(Cl)cc3)CC2)n1. The minimum absolute atomic E-state index is 0.0747. The van der Waals surface area contributed by atoms with Crippen LogP contribution in [0.25, 0.3) is 6.08 Å². The van der Waals surface area contributed by atoms with Gasteiger partial charge in [0.2, 0.25) is 5.82 Å². The summed E-state index contributed by atoms with van der Waals surface area (Å²) in [5.74, 6) is 0.478. The molecule has 2 aromatic rings. The molecule has 5 nitrogen and oxygen atoms in total. The van der Waals surface area contributed by atoms with Crippen molar-refractivity contribution in [1.29, 1.82) is 0 Å². The van der Waals surface area contributed by atoms with Crippen molar-refractivity contribution < 1.29 is 4.92 Å². The molecule has 1 aromatic carbocycles. The van der Waals surface area contributed by atoms with Crippen LogP contribution < -0.4 is 4.90 Å². The Morgan fingerprint density at radius 2 is 1.85 bits per heavy atom. The van der Waals surface area contributed by atoms with Gasteiger partial charge in [-0.1, -0.05) is 47.5 Å². The summed E-state index contributed by atoms with van der Waals surface area (Å²) < 4.78 is 0. The van der Waals surface area contributed by atoms with Crippen molar-refractivity contribution >= 4 is 29.2 Å². The van der Waals surface area contributed by atoms with E-state index >= 15 is 0 Å². The van der Waals surface area contributed by atoms with Gasteiger partial charge >= 0.3 is 5.69 Å². The van der Waals surface area contributed by atoms with Gasteiger partial charge in [-0.05, 0) is 43.5 Å². The fraction of sp³-hybridized carbons (Fsp3) is 0.250. The van der Waals surface area contributed by atoms with E-state index in [9.17, 15) is 10.1 Å². The van der Waals surface area contributed by atoms with Crippen LogP contribution in [0.15, 0.2) is 54.1 Å². The molecule has 134 valence electrons. The Kier molecular flexibility index (Phi) is 5.68. The first-order valence-electron chi connectivity index (χ1n) is 8.51. The molecule has 3 rings (SSSR count). The molecular formula is C20H20ClN3O2. The molecule has 0 unspecified atom stereocenters. The number of pyridine rings is 1. The van der Waals surface area contributed by atoms with Gasteiger partial charge in [-0.3, -0.25) is 10.1 Å². The van der Waals surface area contributed by atoms with Crippen LogP contribution in [0.3, 0.4) is 0 Å². The lowest BCUT2D eigenvalue weighted by Crippen LogP contribution is -2.32. The maximum Gasteiger partial charge on any atom is 0.311 e. The predicted octanol–water partition coefficient (Wildman–Crippen LogP) is 5.19. The lowest BCUT2D eigenvalue weighted by Gasteiger charge is -2.29. The third kappa shape index (κ3) is 4.49. The van der Waals surface area contributed by atoms with Crippen LogP contribution in [0.1, 0.15) is 24.1 Å². The number of aromatic nitrogens is 1. The second-order valence-corrected chi connectivity index (χ2v) is 6.71. The zero-order valence-electron chi connectivity index (χ0n) is 14.6. The average Bonchev–Trinajstić information content (AvgIpc) is 2.63. The minimum atomic E-state index is -0.359. The monoisotopic (exact) mass is 369 g/mol. The molecule has 0 saturated carbocycles. The normalized spacial score (nSPS) is 14.7. The predicted molar refractivity (Wildman–Crippen MR) is 106 cm³/mol. The number of hydrogen-bond donors (Lipinski definition) is 0. The van der Waals surface area contributed by atoms with Crippen molar-refractivity contribution in [2.24, 2.45) is 0 Å². The second-order valence-electron chi connectivity index (χ2n) is 6.28. The van der Waals surface area contributed by atoms with Crippen molar-refractivity contribution in [2.75, 3.05) is 18.0 Å². The van der Waals surface area contributed by atoms with E-state index in [2.05, 4.69) is 11.1 Å². The van der Waals surface area contributed by atoms with E-state index in [1.807, 2.05) is 48.2 Å². The molecule has 1 aromatic heterocycles. The van der Waals surface area contributed by atoms with Gasteiger partial charge in [-0.2, -0.15) is 0 Å². The number of rotatable bonds is 4. The maximum absolute atomic E-state index is 11.2. The number of benzene rings is 1. The number of hydrogen-bond acceptors (Lipinski definition) is 4. The summed E-state index contributed by atoms with van der Waals surface area (Å²) in [5, 5.41) is 12.0. The van der Waals surface area contributed by atoms with Crippen LogP contribution in [0.2, 0.25) is 5.02 Å². The van der Waals surface area contributed by atoms with E-state index in [1.54, 1.807) is 6.07 Å². The van der Waals surface area contributed by atoms with Crippen LogP contribution in [-0.2, 0) is 0 Å². The van der Waals surface area contributed by atoms with Gasteiger partial charge in [-0.15, -0.1) is 0 Å². The van der Waals surface area contributed by atoms with Gasteiger partial charge in [0.05, 0.1) is 4.92 Å². The van der Waals surface area contributed by atoms with E-state index in [4.69, 9.17) is 11.6 Å². The Balaban J connectivity index is 1.65. The van der Waals surface area contributed by atoms with Gasteiger partial charge in [0.25, 0.3) is 0 Å². The molecule has 0 spiro atoms. The number of anilines is 1. The first-order valence-corrected chi connectivity index (χ1v) is 8.89. The van der Waals surface area contributed by atoms with Gasteiger partial charge in [-0.25, -0.2) is 4.98 Å². The van der Waals surface area contributed by atoms with E-state index in [0.717, 1.165) is 42.2 Å². The zero-order chi connectivity index (χ0) is 18.5. The lowest BCUT2D eigenvalue weighted by molar-refractivity contribution is -0.384. The fourth-order valence-electron chi connectivity index (χ4n) is 2.95. The summed E-state index contributed by atoms with van der Waals surface area (Å²) in [4.78, 5) is 17.3. The Bertz CT molecular complexity index is 850. The van der Waals surface area contributed by atoms with E-state index in [1.165, 1.54) is 11.6 Å². The average molecular weight is 370 g/mol. The topological polar surface area (TPSA) is 59.3 Å². The Hall–Kier alpha value is -2.66. The zero-order valence-corrected chi connectivity index (χ0v) is 15.3. The molecule has 0 bridgehead atoms. The van der Waals surface area contributed by atoms with Gasteiger partial charge in [0.1, 0.15) is 0 Å². The molecule has 1 aliphatic heterocycles. The van der Waals surface area contributed by atoms with E-state index in [0.29, 0.717) is 5.82 Å². The van der Waals surface area contributed by atoms with Crippen LogP contribution >= 0.6 is 11.6 Å². The third-order valence-corrected chi connectivity index (χ3v) is 4.64. The summed E-state index contributed by atoms with van der Waals surface area (Å²) in [7, 11) is 0. The van der Waals surface area contributed by atoms with Crippen LogP contribution in [0.5, 0.6) is 0 Å². The summed E-state index contributed by atoms with van der Waals surface area (Å²) in [6.45, 7) is 3.32. The van der Waals surface area contributed by atoms with Gasteiger partial charge < -0.3 is 4.90 Å². The molecule has 26 heavy (non-hydrogen) atoms. The Morgan fingerprint density at radius 1 is 1.15 bits per heavy atom. The number of nitrogens with zero attached hydrogens (tertiary/aromatic N) is 3. The molecule has 1 aliphatic rings. The summed E-state index contributed by atoms with van der Waals surface area (Å²) in [5.41, 5.74) is 3.30. The molecule has 1 fully saturated rings. The highest BCUT2D eigenvalue weighted by molar-refractivity contribution is 6.30. The molecule has 6 heteroatoms. The van der Waals surface area contributed by atoms with Crippen molar-refractivity contribution in [3.05, 3.63) is 80.5 Å². The second kappa shape index (κ2) is 8.15. The van der Waals surface area contributed by atoms with Gasteiger partial charge in [0.15, 0.2) is 0 Å². The summed E-state index contributed by atoms with van der Waals surface area (Å²) >= 11 is 5.88. The number of halogens is 1. The highest BCUT2D eigenvalue weighted by Gasteiger charge is 2.23. The molecule has 0 amide bonds. The number of piperidine rings is 1. The minimum Gasteiger partial charge on any atom is -0.350 e. The highest BCUT2D eigenvalue weighted by Crippen LogP contribution is 2.29. The van der Waals surface area contributed by atoms with Crippen molar-refractivity contribution in [3.63, 3.8) is 0 Å². The standard InChI is InChI=1S/C20H20ClN3O2/c1-15-5-10-19(24(25)26)20(22-15)23-13-11-17(12-14-23)4-2-3-16-6-8-18(21)9-7-16/h2-10H,11-14H2,1H3. The molecular weight excluding hydrogens is 350 g/mol. The molecule has 0 atom stereocenters. The molecule has 2 heterocycles. The number of allylic oxidation sites excluding steroid dienone is 2. The van der Waals surface area contributed by atoms with Crippen molar-refractivity contribution in [2.45, 2.75) is 19.8 Å². The van der Waals surface area contributed by atoms with Crippen LogP contribution in [0.4, 0.5) is 11.5 Å². The number of nitro groups is 1. The largest absolute Gasteiger partial charge is 0.350 e. The molecule has 0 aliphatic carbocycles. The first kappa shape index (κ1) is 18.1. The van der Waals surface area contributed by atoms with Crippen molar-refractivity contribution in [1.82, 2.24) is 4.98 Å². The third-order valence-electron chi connectivity index (χ3n) is 4.39. The summed E-state index contributed by atoms with van der Waals surface area (Å²) in [6, 6.07) is 10.9. The molecule has 0 N–H and O–H groups in total. The summed E-state index contributed by atoms with van der Waals surface area (Å²) in [6.07, 6.45) is 7.96. The van der Waals surface area contributed by atoms with Gasteiger partial charge in [0, 0.05) is 29.9 Å². The fourth-order valence-corrected chi connectivity index (χ4v) is 3.08. The van der Waals surface area contributed by atoms with Crippen LogP contribution in [-0.4, -0.2) is 23.0 Å². The van der Waals surface area contributed by atoms with E-state index in [-0.39, 0.29) is 10.6 Å². The van der Waals surface area contributed by atoms with Crippen LogP contribution in [0, 0.1) is 17.0 Å². The Morgan fingerprint density at radius 3 is 2.50 bits per heavy atom.